The Morgan fingerprint density at radius 2 is 1.33 bits per heavy atom. The summed E-state index contributed by atoms with van der Waals surface area (Å²) in [5.41, 5.74) is 4.52. The Kier molecular flexibility index (Phi) is 4.19. The Labute approximate surface area is 127 Å². The average molecular weight is 278 g/mol. The van der Waals surface area contributed by atoms with Crippen molar-refractivity contribution in [3.8, 4) is 11.1 Å². The molecule has 0 heterocycles. The van der Waals surface area contributed by atoms with Crippen molar-refractivity contribution >= 4 is 5.78 Å². The summed E-state index contributed by atoms with van der Waals surface area (Å²) >= 11 is 0. The summed E-state index contributed by atoms with van der Waals surface area (Å²) in [5, 5.41) is 0. The van der Waals surface area contributed by atoms with Crippen LogP contribution in [0.1, 0.15) is 48.0 Å². The smallest absolute Gasteiger partial charge is 0.165 e. The van der Waals surface area contributed by atoms with Gasteiger partial charge in [0, 0.05) is 11.5 Å². The zero-order valence-corrected chi connectivity index (χ0v) is 12.6. The summed E-state index contributed by atoms with van der Waals surface area (Å²) in [6.45, 7) is 2.09. The topological polar surface area (TPSA) is 17.1 Å². The molecule has 0 saturated heterocycles. The summed E-state index contributed by atoms with van der Waals surface area (Å²) in [4.78, 5) is 12.5. The molecule has 1 nitrogen and oxygen atoms in total. The van der Waals surface area contributed by atoms with Crippen LogP contribution in [-0.4, -0.2) is 5.78 Å². The minimum Gasteiger partial charge on any atom is -0.294 e. The van der Waals surface area contributed by atoms with E-state index < -0.39 is 0 Å². The van der Waals surface area contributed by atoms with Crippen molar-refractivity contribution < 1.29 is 4.79 Å². The predicted octanol–water partition coefficient (Wildman–Crippen LogP) is 5.43. The minimum absolute atomic E-state index is 0.254. The van der Waals surface area contributed by atoms with Crippen LogP contribution in [0.15, 0.2) is 48.5 Å². The zero-order chi connectivity index (χ0) is 14.7. The van der Waals surface area contributed by atoms with Gasteiger partial charge < -0.3 is 0 Å². The largest absolute Gasteiger partial charge is 0.294 e. The van der Waals surface area contributed by atoms with Crippen LogP contribution in [0.5, 0.6) is 0 Å². The molecule has 0 atom stereocenters. The lowest BCUT2D eigenvalue weighted by molar-refractivity contribution is 0.0889. The van der Waals surface area contributed by atoms with Crippen molar-refractivity contribution in [1.29, 1.82) is 0 Å². The molecule has 1 aliphatic carbocycles. The molecule has 108 valence electrons. The summed E-state index contributed by atoms with van der Waals surface area (Å²) in [6.07, 6.45) is 5.84. The van der Waals surface area contributed by atoms with Gasteiger partial charge in [-0.2, -0.15) is 0 Å². The fourth-order valence-corrected chi connectivity index (χ4v) is 3.17. The van der Waals surface area contributed by atoms with Crippen LogP contribution in [0.3, 0.4) is 0 Å². The van der Waals surface area contributed by atoms with E-state index in [4.69, 9.17) is 0 Å². The molecule has 2 aromatic carbocycles. The number of ketones is 1. The van der Waals surface area contributed by atoms with E-state index in [1.807, 2.05) is 12.1 Å². The van der Waals surface area contributed by atoms with Crippen molar-refractivity contribution in [2.75, 3.05) is 0 Å². The van der Waals surface area contributed by atoms with Crippen molar-refractivity contribution in [2.24, 2.45) is 5.92 Å². The zero-order valence-electron chi connectivity index (χ0n) is 12.6. The molecule has 0 N–H and O–H groups in total. The molecule has 1 heteroatoms. The second-order valence-electron chi connectivity index (χ2n) is 6.14. The van der Waals surface area contributed by atoms with Gasteiger partial charge in [-0.1, -0.05) is 73.4 Å². The first kappa shape index (κ1) is 14.1. The normalized spacial score (nSPS) is 15.9. The van der Waals surface area contributed by atoms with Crippen LogP contribution in [0.25, 0.3) is 11.1 Å². The molecule has 0 aromatic heterocycles. The Bertz CT molecular complexity index is 601. The van der Waals surface area contributed by atoms with Gasteiger partial charge >= 0.3 is 0 Å². The van der Waals surface area contributed by atoms with E-state index in [1.54, 1.807) is 0 Å². The summed E-state index contributed by atoms with van der Waals surface area (Å²) in [6, 6.07) is 16.6. The number of carbonyl (C=O) groups excluding carboxylic acids is 1. The second kappa shape index (κ2) is 6.26. The molecule has 0 amide bonds. The van der Waals surface area contributed by atoms with Crippen molar-refractivity contribution in [1.82, 2.24) is 0 Å². The lowest BCUT2D eigenvalue weighted by atomic mass is 9.83. The van der Waals surface area contributed by atoms with E-state index >= 15 is 0 Å². The van der Waals surface area contributed by atoms with E-state index in [0.717, 1.165) is 18.4 Å². The molecule has 2 aromatic rings. The van der Waals surface area contributed by atoms with Gasteiger partial charge in [0.1, 0.15) is 0 Å². The van der Waals surface area contributed by atoms with E-state index in [0.29, 0.717) is 5.78 Å². The fraction of sp³-hybridized carbons (Fsp3) is 0.350. The Morgan fingerprint density at radius 1 is 0.810 bits per heavy atom. The molecule has 1 saturated carbocycles. The first-order valence-electron chi connectivity index (χ1n) is 7.95. The highest BCUT2D eigenvalue weighted by Crippen LogP contribution is 2.28. The third-order valence-electron chi connectivity index (χ3n) is 4.53. The lowest BCUT2D eigenvalue weighted by Gasteiger charge is -2.20. The second-order valence-corrected chi connectivity index (χ2v) is 6.14. The number of aryl methyl sites for hydroxylation is 1. The lowest BCUT2D eigenvalue weighted by Crippen LogP contribution is -2.17. The van der Waals surface area contributed by atoms with Gasteiger partial charge in [-0.3, -0.25) is 4.79 Å². The summed E-state index contributed by atoms with van der Waals surface area (Å²) < 4.78 is 0. The molecular formula is C20H22O. The maximum absolute atomic E-state index is 12.5. The van der Waals surface area contributed by atoms with E-state index in [-0.39, 0.29) is 5.92 Å². The van der Waals surface area contributed by atoms with Crippen molar-refractivity contribution in [3.05, 3.63) is 59.7 Å². The maximum atomic E-state index is 12.5. The Morgan fingerprint density at radius 3 is 1.90 bits per heavy atom. The minimum atomic E-state index is 0.254. The fourth-order valence-electron chi connectivity index (χ4n) is 3.17. The van der Waals surface area contributed by atoms with Gasteiger partial charge in [0.2, 0.25) is 0 Å². The highest BCUT2D eigenvalue weighted by atomic mass is 16.1. The number of hydrogen-bond donors (Lipinski definition) is 0. The van der Waals surface area contributed by atoms with Crippen LogP contribution < -0.4 is 0 Å². The summed E-state index contributed by atoms with van der Waals surface area (Å²) in [7, 11) is 0. The third-order valence-corrected chi connectivity index (χ3v) is 4.53. The molecular weight excluding hydrogens is 256 g/mol. The molecule has 1 fully saturated rings. The van der Waals surface area contributed by atoms with Gasteiger partial charge in [0.05, 0.1) is 0 Å². The maximum Gasteiger partial charge on any atom is 0.165 e. The van der Waals surface area contributed by atoms with E-state index in [2.05, 4.69) is 43.3 Å². The molecule has 0 spiro atoms. The number of carbonyl (C=O) groups is 1. The van der Waals surface area contributed by atoms with Gasteiger partial charge in [-0.25, -0.2) is 0 Å². The quantitative estimate of drug-likeness (QED) is 0.685. The number of hydrogen-bond acceptors (Lipinski definition) is 1. The molecule has 21 heavy (non-hydrogen) atoms. The van der Waals surface area contributed by atoms with Crippen LogP contribution in [0.2, 0.25) is 0 Å². The molecule has 0 aliphatic heterocycles. The highest BCUT2D eigenvalue weighted by Gasteiger charge is 2.22. The first-order valence-corrected chi connectivity index (χ1v) is 7.95. The van der Waals surface area contributed by atoms with Gasteiger partial charge in [-0.15, -0.1) is 0 Å². The molecule has 1 aliphatic rings. The Balaban J connectivity index is 1.77. The molecule has 0 radical (unpaired) electrons. The predicted molar refractivity (Wildman–Crippen MR) is 87.5 cm³/mol. The van der Waals surface area contributed by atoms with Crippen LogP contribution in [0, 0.1) is 12.8 Å². The van der Waals surface area contributed by atoms with Crippen molar-refractivity contribution in [3.63, 3.8) is 0 Å². The SMILES string of the molecule is Cc1ccc(-c2ccc(C(=O)C3CCCCC3)cc2)cc1. The third kappa shape index (κ3) is 3.24. The van der Waals surface area contributed by atoms with E-state index in [1.165, 1.54) is 36.0 Å². The highest BCUT2D eigenvalue weighted by molar-refractivity contribution is 5.98. The molecule has 0 unspecified atom stereocenters. The van der Waals surface area contributed by atoms with Gasteiger partial charge in [0.25, 0.3) is 0 Å². The monoisotopic (exact) mass is 278 g/mol. The van der Waals surface area contributed by atoms with Gasteiger partial charge in [0.15, 0.2) is 5.78 Å². The van der Waals surface area contributed by atoms with Crippen LogP contribution in [-0.2, 0) is 0 Å². The standard InChI is InChI=1S/C20H22O/c1-15-7-9-16(10-8-15)17-11-13-19(14-12-17)20(21)18-5-3-2-4-6-18/h7-14,18H,2-6H2,1H3. The number of Topliss-reactive ketones (excluding diaryl/α,β-unsaturated/α-hetero) is 1. The average Bonchev–Trinajstić information content (AvgIpc) is 2.56. The van der Waals surface area contributed by atoms with Crippen LogP contribution >= 0.6 is 0 Å². The van der Waals surface area contributed by atoms with Crippen LogP contribution in [0.4, 0.5) is 0 Å². The number of rotatable bonds is 3. The Hall–Kier alpha value is -1.89. The first-order chi connectivity index (χ1) is 10.2. The molecule has 3 rings (SSSR count). The van der Waals surface area contributed by atoms with Crippen molar-refractivity contribution in [2.45, 2.75) is 39.0 Å². The number of benzene rings is 2. The van der Waals surface area contributed by atoms with Gasteiger partial charge in [-0.05, 0) is 30.9 Å². The summed E-state index contributed by atoms with van der Waals surface area (Å²) in [5.74, 6) is 0.592. The molecule has 0 bridgehead atoms. The van der Waals surface area contributed by atoms with E-state index in [9.17, 15) is 4.79 Å².